The molecule has 2 aliphatic rings. The van der Waals surface area contributed by atoms with E-state index in [0.717, 1.165) is 62.2 Å². The first-order chi connectivity index (χ1) is 12.8. The standard InChI is InChI=1S/C20H25N3O3/c1-24-18-4-2-3-17(14-18)23-11-9-22(10-12-23)8-7-21-16-5-6-19-20(13-16)26-15-25-19/h2-6,13-14,21H,7-12,15H2,1H3. The Kier molecular flexibility index (Phi) is 5.02. The summed E-state index contributed by atoms with van der Waals surface area (Å²) in [6.07, 6.45) is 0. The third-order valence-electron chi connectivity index (χ3n) is 4.92. The lowest BCUT2D eigenvalue weighted by molar-refractivity contribution is 0.174. The fourth-order valence-corrected chi connectivity index (χ4v) is 3.40. The third-order valence-corrected chi connectivity index (χ3v) is 4.92. The monoisotopic (exact) mass is 355 g/mol. The van der Waals surface area contributed by atoms with Crippen molar-refractivity contribution in [2.45, 2.75) is 0 Å². The molecule has 0 aromatic heterocycles. The predicted molar refractivity (Wildman–Crippen MR) is 103 cm³/mol. The Bertz CT molecular complexity index is 745. The number of methoxy groups -OCH3 is 1. The molecule has 2 aromatic carbocycles. The van der Waals surface area contributed by atoms with Crippen LogP contribution in [0.2, 0.25) is 0 Å². The van der Waals surface area contributed by atoms with E-state index in [9.17, 15) is 0 Å². The molecule has 2 aromatic rings. The Morgan fingerprint density at radius 2 is 1.85 bits per heavy atom. The van der Waals surface area contributed by atoms with Crippen LogP contribution in [0.5, 0.6) is 17.2 Å². The Morgan fingerprint density at radius 3 is 2.69 bits per heavy atom. The number of hydrogen-bond donors (Lipinski definition) is 1. The zero-order chi connectivity index (χ0) is 17.8. The van der Waals surface area contributed by atoms with Gasteiger partial charge in [-0.15, -0.1) is 0 Å². The zero-order valence-corrected chi connectivity index (χ0v) is 15.1. The van der Waals surface area contributed by atoms with Gasteiger partial charge >= 0.3 is 0 Å². The van der Waals surface area contributed by atoms with E-state index in [2.05, 4.69) is 33.3 Å². The minimum atomic E-state index is 0.316. The molecule has 1 fully saturated rings. The number of hydrogen-bond acceptors (Lipinski definition) is 6. The van der Waals surface area contributed by atoms with Crippen molar-refractivity contribution in [2.24, 2.45) is 0 Å². The lowest BCUT2D eigenvalue weighted by Crippen LogP contribution is -2.47. The first-order valence-corrected chi connectivity index (χ1v) is 9.07. The smallest absolute Gasteiger partial charge is 0.231 e. The molecule has 0 amide bonds. The summed E-state index contributed by atoms with van der Waals surface area (Å²) in [5, 5.41) is 3.47. The highest BCUT2D eigenvalue weighted by atomic mass is 16.7. The van der Waals surface area contributed by atoms with Gasteiger partial charge < -0.3 is 24.4 Å². The molecule has 0 saturated carbocycles. The molecule has 2 aliphatic heterocycles. The van der Waals surface area contributed by atoms with Crippen molar-refractivity contribution in [3.63, 3.8) is 0 Å². The molecule has 6 nitrogen and oxygen atoms in total. The fourth-order valence-electron chi connectivity index (χ4n) is 3.40. The van der Waals surface area contributed by atoms with Crippen LogP contribution < -0.4 is 24.4 Å². The fraction of sp³-hybridized carbons (Fsp3) is 0.400. The van der Waals surface area contributed by atoms with E-state index in [1.807, 2.05) is 24.3 Å². The Hall–Kier alpha value is -2.60. The van der Waals surface area contributed by atoms with Gasteiger partial charge in [0.25, 0.3) is 0 Å². The second kappa shape index (κ2) is 7.74. The summed E-state index contributed by atoms with van der Waals surface area (Å²) < 4.78 is 16.1. The summed E-state index contributed by atoms with van der Waals surface area (Å²) in [6, 6.07) is 14.3. The summed E-state index contributed by atoms with van der Waals surface area (Å²) in [6.45, 7) is 6.48. The van der Waals surface area contributed by atoms with Crippen LogP contribution >= 0.6 is 0 Å². The van der Waals surface area contributed by atoms with Crippen LogP contribution in [0.1, 0.15) is 0 Å². The topological polar surface area (TPSA) is 46.2 Å². The average Bonchev–Trinajstić information content (AvgIpc) is 3.16. The van der Waals surface area contributed by atoms with Crippen LogP contribution in [0, 0.1) is 0 Å². The molecule has 1 N–H and O–H groups in total. The minimum Gasteiger partial charge on any atom is -0.497 e. The number of ether oxygens (including phenoxy) is 3. The summed E-state index contributed by atoms with van der Waals surface area (Å²) in [4.78, 5) is 4.92. The van der Waals surface area contributed by atoms with E-state index in [1.54, 1.807) is 7.11 Å². The van der Waals surface area contributed by atoms with E-state index < -0.39 is 0 Å². The van der Waals surface area contributed by atoms with Gasteiger partial charge in [-0.05, 0) is 24.3 Å². The lowest BCUT2D eigenvalue weighted by Gasteiger charge is -2.36. The summed E-state index contributed by atoms with van der Waals surface area (Å²) in [5.74, 6) is 2.56. The van der Waals surface area contributed by atoms with Gasteiger partial charge in [0.2, 0.25) is 6.79 Å². The van der Waals surface area contributed by atoms with Gasteiger partial charge in [0.05, 0.1) is 7.11 Å². The van der Waals surface area contributed by atoms with Crippen LogP contribution in [0.25, 0.3) is 0 Å². The maximum atomic E-state index is 5.42. The van der Waals surface area contributed by atoms with Gasteiger partial charge in [0, 0.05) is 62.8 Å². The highest BCUT2D eigenvalue weighted by Gasteiger charge is 2.17. The third kappa shape index (κ3) is 3.80. The number of rotatable bonds is 6. The average molecular weight is 355 g/mol. The quantitative estimate of drug-likeness (QED) is 0.860. The maximum absolute atomic E-state index is 5.42. The van der Waals surface area contributed by atoms with Crippen molar-refractivity contribution in [3.8, 4) is 17.2 Å². The van der Waals surface area contributed by atoms with Gasteiger partial charge in [0.1, 0.15) is 5.75 Å². The summed E-state index contributed by atoms with van der Waals surface area (Å²) in [7, 11) is 1.71. The first kappa shape index (κ1) is 16.8. The normalized spacial score (nSPS) is 16.6. The van der Waals surface area contributed by atoms with Crippen molar-refractivity contribution >= 4 is 11.4 Å². The largest absolute Gasteiger partial charge is 0.497 e. The highest BCUT2D eigenvalue weighted by molar-refractivity contribution is 5.55. The molecule has 0 radical (unpaired) electrons. The van der Waals surface area contributed by atoms with Crippen LogP contribution in [-0.2, 0) is 0 Å². The summed E-state index contributed by atoms with van der Waals surface area (Å²) in [5.41, 5.74) is 2.31. The van der Waals surface area contributed by atoms with Crippen molar-refractivity contribution in [1.29, 1.82) is 0 Å². The van der Waals surface area contributed by atoms with Crippen molar-refractivity contribution in [1.82, 2.24) is 4.90 Å². The number of nitrogens with one attached hydrogen (secondary N) is 1. The Balaban J connectivity index is 1.23. The molecule has 0 aliphatic carbocycles. The Morgan fingerprint density at radius 1 is 1.00 bits per heavy atom. The zero-order valence-electron chi connectivity index (χ0n) is 15.1. The Labute approximate surface area is 154 Å². The molecule has 138 valence electrons. The number of nitrogens with zero attached hydrogens (tertiary/aromatic N) is 2. The number of piperazine rings is 1. The molecular formula is C20H25N3O3. The summed E-state index contributed by atoms with van der Waals surface area (Å²) >= 11 is 0. The van der Waals surface area contributed by atoms with Gasteiger partial charge in [-0.1, -0.05) is 6.07 Å². The molecule has 0 bridgehead atoms. The van der Waals surface area contributed by atoms with Crippen LogP contribution in [0.15, 0.2) is 42.5 Å². The van der Waals surface area contributed by atoms with Crippen molar-refractivity contribution < 1.29 is 14.2 Å². The maximum Gasteiger partial charge on any atom is 0.231 e. The molecule has 4 rings (SSSR count). The van der Waals surface area contributed by atoms with Crippen molar-refractivity contribution in [2.75, 3.05) is 63.4 Å². The molecule has 6 heteroatoms. The van der Waals surface area contributed by atoms with Crippen LogP contribution in [0.4, 0.5) is 11.4 Å². The van der Waals surface area contributed by atoms with Gasteiger partial charge in [-0.2, -0.15) is 0 Å². The highest BCUT2D eigenvalue weighted by Crippen LogP contribution is 2.34. The van der Waals surface area contributed by atoms with Gasteiger partial charge in [-0.25, -0.2) is 0 Å². The van der Waals surface area contributed by atoms with E-state index in [1.165, 1.54) is 5.69 Å². The molecule has 0 unspecified atom stereocenters. The van der Waals surface area contributed by atoms with Crippen LogP contribution in [-0.4, -0.2) is 58.1 Å². The van der Waals surface area contributed by atoms with E-state index in [0.29, 0.717) is 6.79 Å². The second-order valence-electron chi connectivity index (χ2n) is 6.52. The van der Waals surface area contributed by atoms with E-state index in [-0.39, 0.29) is 0 Å². The number of fused-ring (bicyclic) bond motifs is 1. The first-order valence-electron chi connectivity index (χ1n) is 9.07. The molecule has 1 saturated heterocycles. The minimum absolute atomic E-state index is 0.316. The lowest BCUT2D eigenvalue weighted by atomic mass is 10.2. The molecule has 0 spiro atoms. The molecular weight excluding hydrogens is 330 g/mol. The van der Waals surface area contributed by atoms with Crippen LogP contribution in [0.3, 0.4) is 0 Å². The van der Waals surface area contributed by atoms with Gasteiger partial charge in [0.15, 0.2) is 11.5 Å². The van der Waals surface area contributed by atoms with E-state index >= 15 is 0 Å². The second-order valence-corrected chi connectivity index (χ2v) is 6.52. The van der Waals surface area contributed by atoms with Gasteiger partial charge in [-0.3, -0.25) is 4.90 Å². The molecule has 2 heterocycles. The molecule has 26 heavy (non-hydrogen) atoms. The number of anilines is 2. The molecule has 0 atom stereocenters. The number of benzene rings is 2. The predicted octanol–water partition coefficient (Wildman–Crippen LogP) is 2.66. The van der Waals surface area contributed by atoms with Crippen molar-refractivity contribution in [3.05, 3.63) is 42.5 Å². The van der Waals surface area contributed by atoms with E-state index in [4.69, 9.17) is 14.2 Å². The SMILES string of the molecule is COc1cccc(N2CCN(CCNc3ccc4c(c3)OCO4)CC2)c1.